The Morgan fingerprint density at radius 2 is 1.97 bits per heavy atom. The van der Waals surface area contributed by atoms with Crippen LogP contribution in [0.25, 0.3) is 22.5 Å². The number of amidine groups is 1. The van der Waals surface area contributed by atoms with Gasteiger partial charge in [-0.25, -0.2) is 9.67 Å². The second-order valence-electron chi connectivity index (χ2n) is 7.81. The van der Waals surface area contributed by atoms with Crippen LogP contribution in [0.15, 0.2) is 58.6 Å². The molecule has 0 amide bonds. The number of para-hydroxylation sites is 1. The zero-order valence-electron chi connectivity index (χ0n) is 19.0. The van der Waals surface area contributed by atoms with Crippen molar-refractivity contribution in [2.24, 2.45) is 10.9 Å². The van der Waals surface area contributed by atoms with Gasteiger partial charge in [0.2, 0.25) is 5.78 Å². The fourth-order valence-electron chi connectivity index (χ4n) is 3.93. The van der Waals surface area contributed by atoms with Crippen LogP contribution in [0.3, 0.4) is 0 Å². The fourth-order valence-corrected chi connectivity index (χ4v) is 3.93. The third-order valence-electron chi connectivity index (χ3n) is 5.52. The summed E-state index contributed by atoms with van der Waals surface area (Å²) in [4.78, 5) is 22.7. The first kappa shape index (κ1) is 21.3. The molecule has 0 saturated heterocycles. The maximum atomic E-state index is 12.8. The lowest BCUT2D eigenvalue weighted by molar-refractivity contribution is 0.124. The van der Waals surface area contributed by atoms with Gasteiger partial charge >= 0.3 is 0 Å². The molecular formula is C23H23N9O2. The van der Waals surface area contributed by atoms with E-state index in [9.17, 15) is 4.79 Å². The molecule has 0 radical (unpaired) electrons. The van der Waals surface area contributed by atoms with E-state index in [1.165, 1.54) is 0 Å². The third-order valence-corrected chi connectivity index (χ3v) is 5.52. The van der Waals surface area contributed by atoms with Gasteiger partial charge in [-0.3, -0.25) is 13.8 Å². The highest BCUT2D eigenvalue weighted by atomic mass is 16.6. The fraction of sp³-hybridized carbons (Fsp3) is 0.217. The maximum Gasteiger partial charge on any atom is 0.262 e. The Morgan fingerprint density at radius 1 is 1.15 bits per heavy atom. The van der Waals surface area contributed by atoms with Crippen LogP contribution in [0, 0.1) is 13.8 Å². The predicted molar refractivity (Wildman–Crippen MR) is 127 cm³/mol. The van der Waals surface area contributed by atoms with Crippen LogP contribution in [-0.2, 0) is 18.0 Å². The molecule has 0 saturated carbocycles. The minimum atomic E-state index is -0.107. The molecule has 11 nitrogen and oxygen atoms in total. The van der Waals surface area contributed by atoms with E-state index in [1.807, 2.05) is 51.1 Å². The summed E-state index contributed by atoms with van der Waals surface area (Å²) in [6, 6.07) is 12.9. The zero-order valence-corrected chi connectivity index (χ0v) is 19.0. The molecule has 0 aliphatic heterocycles. The van der Waals surface area contributed by atoms with Gasteiger partial charge in [-0.2, -0.15) is 5.10 Å². The predicted octanol–water partition coefficient (Wildman–Crippen LogP) is 2.10. The van der Waals surface area contributed by atoms with Gasteiger partial charge in [0.25, 0.3) is 5.56 Å². The molecule has 0 aliphatic carbocycles. The van der Waals surface area contributed by atoms with Crippen molar-refractivity contribution >= 4 is 22.5 Å². The number of pyridine rings is 1. The lowest BCUT2D eigenvalue weighted by atomic mass is 10.2. The molecule has 1 aromatic carbocycles. The van der Waals surface area contributed by atoms with Crippen LogP contribution >= 0.6 is 0 Å². The average Bonchev–Trinajstić information content (AvgIpc) is 3.42. The van der Waals surface area contributed by atoms with E-state index in [4.69, 9.17) is 10.6 Å². The van der Waals surface area contributed by atoms with Crippen molar-refractivity contribution in [3.63, 3.8) is 0 Å². The second kappa shape index (κ2) is 8.43. The van der Waals surface area contributed by atoms with Gasteiger partial charge in [-0.05, 0) is 51.1 Å². The van der Waals surface area contributed by atoms with Gasteiger partial charge in [0.1, 0.15) is 0 Å². The van der Waals surface area contributed by atoms with Gasteiger partial charge in [-0.1, -0.05) is 17.3 Å². The van der Waals surface area contributed by atoms with Crippen molar-refractivity contribution in [3.05, 3.63) is 81.8 Å². The molecule has 0 unspecified atom stereocenters. The van der Waals surface area contributed by atoms with Crippen LogP contribution in [-0.4, -0.2) is 39.8 Å². The summed E-state index contributed by atoms with van der Waals surface area (Å²) < 4.78 is 5.14. The van der Waals surface area contributed by atoms with E-state index in [-0.39, 0.29) is 18.0 Å². The normalized spacial score (nSPS) is 12.0. The number of nitrogens with zero attached hydrogens (tertiary/aromatic N) is 8. The van der Waals surface area contributed by atoms with E-state index in [1.54, 1.807) is 32.0 Å². The molecule has 5 aromatic rings. The largest absolute Gasteiger partial charge is 0.386 e. The standard InChI is InChI=1S/C23H23N9O2/c1-4-30-22(33)17-7-5-6-8-18(17)31-20(26-27-23(30)31)13-34-29-21(24)16-9-10-19(25-12-16)32-15(3)11-14(2)28-32/h5-12H,4,13H2,1-3H3,(H2,24,29). The molecule has 34 heavy (non-hydrogen) atoms. The van der Waals surface area contributed by atoms with Crippen molar-refractivity contribution in [2.45, 2.75) is 33.9 Å². The molecule has 0 atom stereocenters. The highest BCUT2D eigenvalue weighted by Crippen LogP contribution is 2.15. The smallest absolute Gasteiger partial charge is 0.262 e. The third kappa shape index (κ3) is 3.56. The van der Waals surface area contributed by atoms with Crippen molar-refractivity contribution in [1.29, 1.82) is 0 Å². The van der Waals surface area contributed by atoms with Crippen molar-refractivity contribution in [2.75, 3.05) is 0 Å². The lowest BCUT2D eigenvalue weighted by Crippen LogP contribution is -2.22. The molecule has 172 valence electrons. The summed E-state index contributed by atoms with van der Waals surface area (Å²) in [6.07, 6.45) is 1.62. The molecule has 2 N–H and O–H groups in total. The summed E-state index contributed by atoms with van der Waals surface area (Å²) in [5, 5.41) is 17.4. The first-order valence-corrected chi connectivity index (χ1v) is 10.8. The van der Waals surface area contributed by atoms with Crippen LogP contribution in [0.4, 0.5) is 0 Å². The highest BCUT2D eigenvalue weighted by molar-refractivity contribution is 5.96. The number of rotatable bonds is 6. The number of benzene rings is 1. The topological polar surface area (TPSA) is 131 Å². The number of hydrogen-bond donors (Lipinski definition) is 1. The molecule has 11 heteroatoms. The Kier molecular flexibility index (Phi) is 5.28. The summed E-state index contributed by atoms with van der Waals surface area (Å²) in [7, 11) is 0. The zero-order chi connectivity index (χ0) is 23.8. The quantitative estimate of drug-likeness (QED) is 0.235. The second-order valence-corrected chi connectivity index (χ2v) is 7.81. The van der Waals surface area contributed by atoms with Crippen molar-refractivity contribution in [3.8, 4) is 5.82 Å². The number of hydrogen-bond acceptors (Lipinski definition) is 7. The Bertz CT molecular complexity index is 1590. The minimum Gasteiger partial charge on any atom is -0.386 e. The Hall–Kier alpha value is -4.54. The molecule has 0 bridgehead atoms. The van der Waals surface area contributed by atoms with Crippen LogP contribution in [0.1, 0.15) is 29.7 Å². The average molecular weight is 457 g/mol. The highest BCUT2D eigenvalue weighted by Gasteiger charge is 2.16. The van der Waals surface area contributed by atoms with E-state index >= 15 is 0 Å². The van der Waals surface area contributed by atoms with Crippen LogP contribution < -0.4 is 11.3 Å². The van der Waals surface area contributed by atoms with E-state index in [2.05, 4.69) is 25.4 Å². The van der Waals surface area contributed by atoms with Crippen molar-refractivity contribution in [1.82, 2.24) is 33.9 Å². The summed E-state index contributed by atoms with van der Waals surface area (Å²) in [6.45, 7) is 6.28. The van der Waals surface area contributed by atoms with E-state index in [0.717, 1.165) is 11.4 Å². The SMILES string of the molecule is CCn1c(=O)c2ccccc2n2c(CO/N=C(/N)c3ccc(-n4nc(C)cc4C)nc3)nnc12. The summed E-state index contributed by atoms with van der Waals surface area (Å²) >= 11 is 0. The molecule has 5 rings (SSSR count). The van der Waals surface area contributed by atoms with Gasteiger partial charge in [0, 0.05) is 24.0 Å². The number of nitrogens with two attached hydrogens (primary N) is 1. The van der Waals surface area contributed by atoms with Gasteiger partial charge in [-0.15, -0.1) is 10.2 Å². The molecule has 4 aromatic heterocycles. The summed E-state index contributed by atoms with van der Waals surface area (Å²) in [5.41, 5.74) is 9.22. The Balaban J connectivity index is 1.40. The number of oxime groups is 1. The van der Waals surface area contributed by atoms with E-state index < -0.39 is 0 Å². The molecule has 0 aliphatic rings. The van der Waals surface area contributed by atoms with Crippen LogP contribution in [0.2, 0.25) is 0 Å². The Labute approximate surface area is 194 Å². The van der Waals surface area contributed by atoms with Gasteiger partial charge in [0.05, 0.1) is 16.6 Å². The molecule has 0 fully saturated rings. The molecule has 0 spiro atoms. The molecule has 4 heterocycles. The number of aromatic nitrogens is 7. The minimum absolute atomic E-state index is 0.0189. The lowest BCUT2D eigenvalue weighted by Gasteiger charge is -2.09. The first-order chi connectivity index (χ1) is 16.5. The van der Waals surface area contributed by atoms with Crippen LogP contribution in [0.5, 0.6) is 0 Å². The Morgan fingerprint density at radius 3 is 2.68 bits per heavy atom. The monoisotopic (exact) mass is 457 g/mol. The van der Waals surface area contributed by atoms with Crippen molar-refractivity contribution < 1.29 is 4.84 Å². The number of fused-ring (bicyclic) bond motifs is 3. The van der Waals surface area contributed by atoms with Gasteiger partial charge in [0.15, 0.2) is 24.1 Å². The maximum absolute atomic E-state index is 12.8. The van der Waals surface area contributed by atoms with Gasteiger partial charge < -0.3 is 10.6 Å². The molecular weight excluding hydrogens is 434 g/mol. The number of aryl methyl sites for hydroxylation is 3. The summed E-state index contributed by atoms with van der Waals surface area (Å²) in [5.74, 6) is 1.82. The van der Waals surface area contributed by atoms with E-state index in [0.29, 0.717) is 40.4 Å². The first-order valence-electron chi connectivity index (χ1n) is 10.8.